The molecule has 2 saturated heterocycles. The first-order valence-electron chi connectivity index (χ1n) is 33.1. The molecule has 4 aliphatic rings. The second-order valence-electron chi connectivity index (χ2n) is 24.9. The zero-order valence-corrected chi connectivity index (χ0v) is 65.9. The molecule has 2 N–H and O–H groups in total. The maximum Gasteiger partial charge on any atom is 0.339 e. The van der Waals surface area contributed by atoms with Gasteiger partial charge in [0, 0.05) is 101 Å². The Kier molecular flexibility index (Phi) is 34.5. The summed E-state index contributed by atoms with van der Waals surface area (Å²) in [4.78, 5) is 152. The summed E-state index contributed by atoms with van der Waals surface area (Å²) in [7, 11) is 2.11. The molecule has 586 valence electrons. The molecule has 108 heavy (non-hydrogen) atoms. The lowest BCUT2D eigenvalue weighted by Gasteiger charge is -2.43. The molecule has 2 aliphatic heterocycles. The van der Waals surface area contributed by atoms with Gasteiger partial charge in [0.15, 0.2) is 60.6 Å². The minimum Gasteiger partial charge on any atom is -0.467 e. The van der Waals surface area contributed by atoms with Crippen molar-refractivity contribution in [3.05, 3.63) is 149 Å². The lowest BCUT2D eigenvalue weighted by atomic mass is 9.87. The minimum atomic E-state index is -2.32. The Bertz CT molecular complexity index is 4100. The first kappa shape index (κ1) is 90.2. The Morgan fingerprint density at radius 1 is 0.528 bits per heavy atom. The number of halogens is 5. The number of methoxy groups -OCH3 is 2. The molecule has 0 saturated carbocycles. The molecule has 2 heterocycles. The van der Waals surface area contributed by atoms with Crippen molar-refractivity contribution in [1.82, 2.24) is 9.80 Å². The number of esters is 8. The molecule has 8 rings (SSSR count). The fourth-order valence-corrected chi connectivity index (χ4v) is 12.9. The molecule has 0 aromatic heterocycles. The largest absolute Gasteiger partial charge is 0.467 e. The van der Waals surface area contributed by atoms with Crippen molar-refractivity contribution in [3.63, 3.8) is 0 Å². The number of hydrogen-bond donors (Lipinski definition) is 2. The van der Waals surface area contributed by atoms with Crippen LogP contribution >= 0.6 is 66.7 Å². The molecule has 0 bridgehead atoms. The third kappa shape index (κ3) is 25.6. The number of aryl methyl sites for hydroxylation is 4. The van der Waals surface area contributed by atoms with Gasteiger partial charge in [0.05, 0.1) is 40.3 Å². The third-order valence-corrected chi connectivity index (χ3v) is 18.6. The monoisotopic (exact) mass is 1690 g/mol. The lowest BCUT2D eigenvalue weighted by Crippen LogP contribution is -2.64. The van der Waals surface area contributed by atoms with Crippen LogP contribution in [0.15, 0.2) is 92.9 Å². The maximum absolute atomic E-state index is 13.8. The number of amides is 2. The fourth-order valence-electron chi connectivity index (χ4n) is 12.0. The van der Waals surface area contributed by atoms with Gasteiger partial charge in [-0.05, 0) is 96.5 Å². The number of nitrogens with zero attached hydrogens (tertiary/aromatic N) is 2. The first-order valence-corrected chi connectivity index (χ1v) is 35.8. The number of alkyl halides is 3. The van der Waals surface area contributed by atoms with Gasteiger partial charge >= 0.3 is 47.8 Å². The van der Waals surface area contributed by atoms with Crippen LogP contribution in [0.5, 0.6) is 0 Å². The van der Waals surface area contributed by atoms with E-state index in [1.54, 1.807) is 4.90 Å². The number of ketones is 2. The molecule has 28 nitrogen and oxygen atoms in total. The zero-order valence-electron chi connectivity index (χ0n) is 60.5. The molecule has 2 amide bonds. The van der Waals surface area contributed by atoms with E-state index in [1.807, 2.05) is 101 Å². The van der Waals surface area contributed by atoms with Crippen LogP contribution in [0.3, 0.4) is 0 Å². The highest BCUT2D eigenvalue weighted by molar-refractivity contribution is 9.10. The van der Waals surface area contributed by atoms with Crippen LogP contribution in [-0.2, 0) is 140 Å². The molecular weight excluding hydrogens is 1610 g/mol. The Labute approximate surface area is 656 Å². The minimum absolute atomic E-state index is 0. The van der Waals surface area contributed by atoms with Gasteiger partial charge in [0.25, 0.3) is 3.79 Å². The Morgan fingerprint density at radius 2 is 0.880 bits per heavy atom. The van der Waals surface area contributed by atoms with E-state index in [4.69, 9.17) is 92.3 Å². The molecule has 2 fully saturated rings. The summed E-state index contributed by atoms with van der Waals surface area (Å²) >= 11 is 23.7. The predicted molar refractivity (Wildman–Crippen MR) is 398 cm³/mol. The summed E-state index contributed by atoms with van der Waals surface area (Å²) in [6.07, 6.45) is -11.4. The highest BCUT2D eigenvalue weighted by Crippen LogP contribution is 2.36. The number of fused-ring (bicyclic) bond motifs is 2. The number of carbonyl (C=O) groups is 12. The average Bonchev–Trinajstić information content (AvgIpc) is 0.781. The summed E-state index contributed by atoms with van der Waals surface area (Å²) < 4.78 is 62.4. The van der Waals surface area contributed by atoms with Gasteiger partial charge in [-0.15, -0.1) is 0 Å². The number of aliphatic hydroxyl groups excluding tert-OH is 1. The Morgan fingerprint density at radius 3 is 1.24 bits per heavy atom. The predicted octanol–water partition coefficient (Wildman–Crippen LogP) is 8.67. The van der Waals surface area contributed by atoms with E-state index in [2.05, 4.69) is 48.7 Å². The van der Waals surface area contributed by atoms with Gasteiger partial charge in [0.2, 0.25) is 30.1 Å². The standard InChI is InChI=1S/C36H40BrNO12.C23H24BrNO3.C15H18Cl3NO10.CH4/c1-19-13-20(2)27-17-29(42)26(15-25(27)14-19)18-38(30(43)16-24-9-7-8-10-28(24)37)11-12-46-36-34(49-23(5)41)32(48-22(4)40)31(47-21(3)39)33(50-36)35(44)45-6;1-15-9-16(2)20-13-22(27)19(11-18(20)10-15)14-25(7-8-26)23(28)12-17-5-3-4-6-21(17)24;1-5(20)25-8-9(26-6(2)21)11(27-7(3)22)13(28-10(8)12(23)24-4)29-14(19)15(16,17)18;/h7-10,13-15,31-34,36H,11-12,16-18H2,1-6H3;3-6,9-11,26H,7-8,12-14H2,1-2H3;8-11,13,19H,1-4H3;1H4/t31-,32-,33-,34+,36+;;8-,9-,10-,11+,13+;/m0.0./s1. The maximum atomic E-state index is 13.8. The van der Waals surface area contributed by atoms with Crippen molar-refractivity contribution < 1.29 is 119 Å². The number of nitrogens with one attached hydrogen (secondary N) is 1. The van der Waals surface area contributed by atoms with Crippen LogP contribution < -0.4 is 0 Å². The van der Waals surface area contributed by atoms with Gasteiger partial charge in [-0.3, -0.25) is 53.4 Å². The Hall–Kier alpha value is -8.46. The quantitative estimate of drug-likeness (QED) is 0.0230. The highest BCUT2D eigenvalue weighted by atomic mass is 79.9. The van der Waals surface area contributed by atoms with E-state index in [0.717, 1.165) is 120 Å². The highest BCUT2D eigenvalue weighted by Gasteiger charge is 2.58. The number of carbonyl (C=O) groups excluding carboxylic acids is 12. The van der Waals surface area contributed by atoms with Crippen molar-refractivity contribution in [1.29, 1.82) is 5.41 Å². The molecule has 2 aliphatic carbocycles. The summed E-state index contributed by atoms with van der Waals surface area (Å²) in [5, 5.41) is 17.1. The normalized spacial score (nSPS) is 20.4. The van der Waals surface area contributed by atoms with E-state index in [0.29, 0.717) is 17.6 Å². The second kappa shape index (κ2) is 41.4. The van der Waals surface area contributed by atoms with Crippen molar-refractivity contribution in [2.24, 2.45) is 0 Å². The molecule has 33 heteroatoms. The molecule has 4 aromatic rings. The van der Waals surface area contributed by atoms with Crippen LogP contribution in [-0.4, -0.2) is 211 Å². The smallest absolute Gasteiger partial charge is 0.339 e. The van der Waals surface area contributed by atoms with Gasteiger partial charge in [-0.25, -0.2) is 9.59 Å². The van der Waals surface area contributed by atoms with Crippen LogP contribution in [0, 0.1) is 33.1 Å². The molecule has 0 radical (unpaired) electrons. The number of aliphatic hydroxyl groups is 1. The zero-order chi connectivity index (χ0) is 79.5. The van der Waals surface area contributed by atoms with Crippen molar-refractivity contribution >= 4 is 156 Å². The lowest BCUT2D eigenvalue weighted by molar-refractivity contribution is -0.301. The van der Waals surface area contributed by atoms with Crippen LogP contribution in [0.1, 0.15) is 105 Å². The number of ether oxygens (including phenoxy) is 12. The van der Waals surface area contributed by atoms with E-state index in [-0.39, 0.29) is 89.5 Å². The number of hydrogen-bond acceptors (Lipinski definition) is 26. The van der Waals surface area contributed by atoms with E-state index in [1.165, 1.54) is 4.90 Å². The van der Waals surface area contributed by atoms with Crippen molar-refractivity contribution in [2.45, 2.75) is 168 Å². The number of Topliss-reactive ketones (excluding diaryl/α,β-unsaturated/α-hetero) is 2. The van der Waals surface area contributed by atoms with Gasteiger partial charge in [0.1, 0.15) is 0 Å². The fraction of sp³-hybridized carbons (Fsp3) is 0.453. The van der Waals surface area contributed by atoms with E-state index < -0.39 is 119 Å². The summed E-state index contributed by atoms with van der Waals surface area (Å²) in [5.74, 6) is -8.51. The summed E-state index contributed by atoms with van der Waals surface area (Å²) in [6, 6.07) is 23.0. The number of benzene rings is 4. The number of rotatable bonds is 23. The molecule has 0 unspecified atom stereocenters. The van der Waals surface area contributed by atoms with Gasteiger partial charge in [-0.2, -0.15) is 0 Å². The summed E-state index contributed by atoms with van der Waals surface area (Å²) in [5.41, 5.74) is 11.0. The van der Waals surface area contributed by atoms with Crippen LogP contribution in [0.25, 0.3) is 12.2 Å². The third-order valence-electron chi connectivity index (χ3n) is 16.6. The molecular formula is C75H86Br2Cl3N3O25. The Balaban J connectivity index is 0.000000309. The van der Waals surface area contributed by atoms with Crippen molar-refractivity contribution in [2.75, 3.05) is 53.6 Å². The van der Waals surface area contributed by atoms with Crippen LogP contribution in [0.2, 0.25) is 0 Å². The van der Waals surface area contributed by atoms with Gasteiger partial charge < -0.3 is 71.7 Å². The van der Waals surface area contributed by atoms with Crippen LogP contribution in [0.4, 0.5) is 0 Å². The first-order chi connectivity index (χ1) is 50.3. The van der Waals surface area contributed by atoms with E-state index >= 15 is 0 Å². The topological polar surface area (TPSA) is 366 Å². The molecule has 10 atom stereocenters. The summed E-state index contributed by atoms with van der Waals surface area (Å²) in [6.45, 7) is 14.3. The second-order valence-corrected chi connectivity index (χ2v) is 28.9. The molecule has 0 spiro atoms. The average molecular weight is 1700 g/mol. The van der Waals surface area contributed by atoms with E-state index in [9.17, 15) is 62.6 Å². The van der Waals surface area contributed by atoms with Gasteiger partial charge in [-0.1, -0.05) is 146 Å². The molecule has 4 aromatic carbocycles. The van der Waals surface area contributed by atoms with Crippen molar-refractivity contribution in [3.8, 4) is 0 Å². The SMILES string of the molecule is C.COC(=O)[C@H]1O[C@@H](OCCN(CC2=Cc3cc(C)cc(C)c3CC2=O)C(=O)Cc2ccccc2Br)[C@H](OC(C)=O)[C@@H](OC(C)=O)[C@@H]1OC(C)=O.COC(=O)[C@H]1O[C@H](OC(=N)C(Cl)(Cl)Cl)[C@H](OC(C)=O)[C@@H](OC(C)=O)[C@@H]1OC(C)=O.Cc1cc(C)c2c(c1)C=C(CN(CCO)C(=O)Cc1ccccc1Br)C(=O)C2.